The van der Waals surface area contributed by atoms with Gasteiger partial charge in [0.25, 0.3) is 0 Å². The standard InChI is InChI=1S/C13H8Br2Cl2FN/c14-6-1-2-10(16)7(3-6)13(19)8-4-11(17)9(15)5-12(8)18/h1-5,13H,19H2. The first-order valence-corrected chi connectivity index (χ1v) is 7.59. The fourth-order valence-corrected chi connectivity index (χ4v) is 2.80. The lowest BCUT2D eigenvalue weighted by Crippen LogP contribution is -2.14. The van der Waals surface area contributed by atoms with E-state index in [2.05, 4.69) is 31.9 Å². The topological polar surface area (TPSA) is 26.0 Å². The summed E-state index contributed by atoms with van der Waals surface area (Å²) in [5.74, 6) is -0.431. The van der Waals surface area contributed by atoms with Crippen molar-refractivity contribution in [2.24, 2.45) is 5.73 Å². The average molecular weight is 428 g/mol. The van der Waals surface area contributed by atoms with Crippen LogP contribution in [0.15, 0.2) is 39.3 Å². The third-order valence-corrected chi connectivity index (χ3v) is 4.70. The monoisotopic (exact) mass is 425 g/mol. The van der Waals surface area contributed by atoms with Crippen molar-refractivity contribution in [3.05, 3.63) is 66.3 Å². The van der Waals surface area contributed by atoms with Crippen molar-refractivity contribution in [1.29, 1.82) is 0 Å². The molecule has 1 unspecified atom stereocenters. The van der Waals surface area contributed by atoms with Crippen LogP contribution >= 0.6 is 55.1 Å². The molecule has 0 saturated heterocycles. The van der Waals surface area contributed by atoms with Gasteiger partial charge in [-0.2, -0.15) is 0 Å². The van der Waals surface area contributed by atoms with Gasteiger partial charge in [-0.05, 0) is 51.8 Å². The molecule has 0 aliphatic carbocycles. The largest absolute Gasteiger partial charge is 0.320 e. The Morgan fingerprint density at radius 1 is 1.00 bits per heavy atom. The Morgan fingerprint density at radius 3 is 2.37 bits per heavy atom. The molecule has 0 amide bonds. The molecule has 1 nitrogen and oxygen atoms in total. The van der Waals surface area contributed by atoms with Crippen molar-refractivity contribution < 1.29 is 4.39 Å². The molecule has 6 heteroatoms. The van der Waals surface area contributed by atoms with Crippen molar-refractivity contribution in [1.82, 2.24) is 0 Å². The quantitative estimate of drug-likeness (QED) is 0.611. The van der Waals surface area contributed by atoms with Gasteiger partial charge in [0.15, 0.2) is 0 Å². The normalized spacial score (nSPS) is 12.5. The maximum Gasteiger partial charge on any atom is 0.129 e. The molecule has 0 aliphatic rings. The smallest absolute Gasteiger partial charge is 0.129 e. The van der Waals surface area contributed by atoms with Crippen molar-refractivity contribution in [2.75, 3.05) is 0 Å². The lowest BCUT2D eigenvalue weighted by atomic mass is 9.99. The predicted molar refractivity (Wildman–Crippen MR) is 84.3 cm³/mol. The fraction of sp³-hybridized carbons (Fsp3) is 0.0769. The summed E-state index contributed by atoms with van der Waals surface area (Å²) in [5, 5.41) is 0.882. The molecule has 0 saturated carbocycles. The zero-order valence-electron chi connectivity index (χ0n) is 9.43. The fourth-order valence-electron chi connectivity index (χ4n) is 1.70. The molecule has 100 valence electrons. The summed E-state index contributed by atoms with van der Waals surface area (Å²) < 4.78 is 15.3. The Balaban J connectivity index is 2.52. The van der Waals surface area contributed by atoms with Crippen LogP contribution in [-0.2, 0) is 0 Å². The van der Waals surface area contributed by atoms with Crippen molar-refractivity contribution in [3.63, 3.8) is 0 Å². The van der Waals surface area contributed by atoms with Crippen LogP contribution in [0.2, 0.25) is 10.0 Å². The molecule has 2 N–H and O–H groups in total. The summed E-state index contributed by atoms with van der Waals surface area (Å²) in [4.78, 5) is 0. The number of halogens is 5. The van der Waals surface area contributed by atoms with E-state index in [-0.39, 0.29) is 0 Å². The highest BCUT2D eigenvalue weighted by Crippen LogP contribution is 2.34. The van der Waals surface area contributed by atoms with Gasteiger partial charge in [0, 0.05) is 19.5 Å². The number of hydrogen-bond acceptors (Lipinski definition) is 1. The molecule has 0 heterocycles. The van der Waals surface area contributed by atoms with Crippen LogP contribution in [0, 0.1) is 5.82 Å². The maximum absolute atomic E-state index is 14.0. The summed E-state index contributed by atoms with van der Waals surface area (Å²) in [6.45, 7) is 0. The van der Waals surface area contributed by atoms with Crippen LogP contribution < -0.4 is 5.73 Å². The van der Waals surface area contributed by atoms with Gasteiger partial charge in [0.1, 0.15) is 5.82 Å². The Kier molecular flexibility index (Phi) is 4.90. The van der Waals surface area contributed by atoms with Gasteiger partial charge in [0.05, 0.1) is 11.1 Å². The van der Waals surface area contributed by atoms with Crippen LogP contribution in [0.4, 0.5) is 4.39 Å². The number of benzene rings is 2. The number of hydrogen-bond donors (Lipinski definition) is 1. The van der Waals surface area contributed by atoms with E-state index in [4.69, 9.17) is 28.9 Å². The molecule has 1 atom stereocenters. The third kappa shape index (κ3) is 3.31. The molecule has 2 aromatic rings. The Bertz CT molecular complexity index is 634. The van der Waals surface area contributed by atoms with E-state index in [0.29, 0.717) is 25.6 Å². The van der Waals surface area contributed by atoms with Crippen molar-refractivity contribution in [3.8, 4) is 0 Å². The summed E-state index contributed by atoms with van der Waals surface area (Å²) in [6, 6.07) is 7.38. The highest BCUT2D eigenvalue weighted by Gasteiger charge is 2.18. The van der Waals surface area contributed by atoms with Crippen LogP contribution in [0.1, 0.15) is 17.2 Å². The van der Waals surface area contributed by atoms with E-state index in [9.17, 15) is 4.39 Å². The lowest BCUT2D eigenvalue weighted by Gasteiger charge is -2.16. The molecule has 0 aromatic heterocycles. The lowest BCUT2D eigenvalue weighted by molar-refractivity contribution is 0.599. The molecule has 2 rings (SSSR count). The minimum atomic E-state index is -0.685. The van der Waals surface area contributed by atoms with Gasteiger partial charge in [-0.3, -0.25) is 0 Å². The first-order valence-electron chi connectivity index (χ1n) is 5.25. The summed E-state index contributed by atoms with van der Waals surface area (Å²) in [6.07, 6.45) is 0. The minimum Gasteiger partial charge on any atom is -0.320 e. The van der Waals surface area contributed by atoms with E-state index in [1.807, 2.05) is 0 Å². The second-order valence-electron chi connectivity index (χ2n) is 3.93. The summed E-state index contributed by atoms with van der Waals surface area (Å²) in [7, 11) is 0. The van der Waals surface area contributed by atoms with Gasteiger partial charge < -0.3 is 5.73 Å². The molecule has 0 spiro atoms. The Morgan fingerprint density at radius 2 is 1.68 bits per heavy atom. The molecule has 0 bridgehead atoms. The third-order valence-electron chi connectivity index (χ3n) is 2.67. The molecular formula is C13H8Br2Cl2FN. The second-order valence-corrected chi connectivity index (χ2v) is 6.52. The zero-order chi connectivity index (χ0) is 14.2. The van der Waals surface area contributed by atoms with Gasteiger partial charge in [0.2, 0.25) is 0 Å². The van der Waals surface area contributed by atoms with E-state index in [0.717, 1.165) is 4.47 Å². The van der Waals surface area contributed by atoms with Crippen LogP contribution in [-0.4, -0.2) is 0 Å². The van der Waals surface area contributed by atoms with E-state index < -0.39 is 11.9 Å². The summed E-state index contributed by atoms with van der Waals surface area (Å²) in [5.41, 5.74) is 7.02. The first kappa shape index (κ1) is 15.3. The molecule has 2 aromatic carbocycles. The number of rotatable bonds is 2. The highest BCUT2D eigenvalue weighted by atomic mass is 79.9. The predicted octanol–water partition coefficient (Wildman–Crippen LogP) is 5.71. The number of nitrogens with two attached hydrogens (primary N) is 1. The van der Waals surface area contributed by atoms with E-state index >= 15 is 0 Å². The first-order chi connectivity index (χ1) is 8.90. The minimum absolute atomic E-state index is 0.299. The van der Waals surface area contributed by atoms with Crippen LogP contribution in [0.5, 0.6) is 0 Å². The zero-order valence-corrected chi connectivity index (χ0v) is 14.1. The maximum atomic E-state index is 14.0. The van der Waals surface area contributed by atoms with Gasteiger partial charge in [-0.25, -0.2) is 4.39 Å². The van der Waals surface area contributed by atoms with Crippen LogP contribution in [0.3, 0.4) is 0 Å². The van der Waals surface area contributed by atoms with Gasteiger partial charge in [-0.15, -0.1) is 0 Å². The van der Waals surface area contributed by atoms with Gasteiger partial charge >= 0.3 is 0 Å². The Labute approximate surface area is 137 Å². The average Bonchev–Trinajstić information content (AvgIpc) is 2.36. The molecular weight excluding hydrogens is 420 g/mol. The molecule has 0 aliphatic heterocycles. The van der Waals surface area contributed by atoms with Crippen LogP contribution in [0.25, 0.3) is 0 Å². The molecule has 0 fully saturated rings. The molecule has 19 heavy (non-hydrogen) atoms. The van der Waals surface area contributed by atoms with Crippen molar-refractivity contribution in [2.45, 2.75) is 6.04 Å². The van der Waals surface area contributed by atoms with E-state index in [1.165, 1.54) is 12.1 Å². The van der Waals surface area contributed by atoms with Crippen molar-refractivity contribution >= 4 is 55.1 Å². The Hall–Kier alpha value is -0.130. The summed E-state index contributed by atoms with van der Waals surface area (Å²) >= 11 is 18.6. The SMILES string of the molecule is NC(c1cc(Cl)c(Br)cc1F)c1cc(Br)ccc1Cl. The second kappa shape index (κ2) is 6.10. The van der Waals surface area contributed by atoms with E-state index in [1.54, 1.807) is 18.2 Å². The molecule has 0 radical (unpaired) electrons. The highest BCUT2D eigenvalue weighted by molar-refractivity contribution is 9.10. The van der Waals surface area contributed by atoms with Gasteiger partial charge in [-0.1, -0.05) is 39.1 Å².